The second kappa shape index (κ2) is 7.45. The van der Waals surface area contributed by atoms with Crippen LogP contribution in [0.5, 0.6) is 11.5 Å². The molecule has 0 saturated heterocycles. The third-order valence-electron chi connectivity index (χ3n) is 2.79. The predicted molar refractivity (Wildman–Crippen MR) is 86.5 cm³/mol. The van der Waals surface area contributed by atoms with E-state index in [1.165, 1.54) is 11.3 Å². The summed E-state index contributed by atoms with van der Waals surface area (Å²) in [6.45, 7) is -0.227. The lowest BCUT2D eigenvalue weighted by Gasteiger charge is -2.09. The fourth-order valence-corrected chi connectivity index (χ4v) is 2.44. The van der Waals surface area contributed by atoms with Crippen molar-refractivity contribution in [1.29, 1.82) is 0 Å². The maximum atomic E-state index is 11.8. The van der Waals surface area contributed by atoms with Gasteiger partial charge in [0.15, 0.2) is 16.6 Å². The first-order valence-electron chi connectivity index (χ1n) is 6.54. The van der Waals surface area contributed by atoms with E-state index >= 15 is 0 Å². The molecule has 8 nitrogen and oxygen atoms in total. The third-order valence-corrected chi connectivity index (χ3v) is 3.55. The Bertz CT molecular complexity index is 717. The van der Waals surface area contributed by atoms with Crippen molar-refractivity contribution in [2.24, 2.45) is 5.73 Å². The Morgan fingerprint density at radius 3 is 2.65 bits per heavy atom. The van der Waals surface area contributed by atoms with Crippen molar-refractivity contribution in [3.8, 4) is 11.5 Å². The normalized spacial score (nSPS) is 10.0. The Kier molecular flexibility index (Phi) is 5.36. The molecule has 0 saturated carbocycles. The zero-order valence-electron chi connectivity index (χ0n) is 12.6. The molecule has 0 aliphatic rings. The second-order valence-electron chi connectivity index (χ2n) is 4.38. The summed E-state index contributed by atoms with van der Waals surface area (Å²) in [6.07, 6.45) is 0. The molecule has 9 heteroatoms. The van der Waals surface area contributed by atoms with E-state index in [1.54, 1.807) is 37.8 Å². The quantitative estimate of drug-likeness (QED) is 0.698. The summed E-state index contributed by atoms with van der Waals surface area (Å²) in [5.41, 5.74) is 5.92. The molecule has 0 fully saturated rings. The number of ether oxygens (including phenoxy) is 2. The van der Waals surface area contributed by atoms with Crippen molar-refractivity contribution in [3.05, 3.63) is 29.3 Å². The molecule has 1 heterocycles. The van der Waals surface area contributed by atoms with Crippen LogP contribution in [0.2, 0.25) is 0 Å². The van der Waals surface area contributed by atoms with Crippen LogP contribution in [-0.2, 0) is 4.79 Å². The van der Waals surface area contributed by atoms with Crippen LogP contribution in [0.4, 0.5) is 10.8 Å². The van der Waals surface area contributed by atoms with Crippen LogP contribution in [0.15, 0.2) is 23.6 Å². The number of hydrogen-bond acceptors (Lipinski definition) is 7. The number of nitrogens with two attached hydrogens (primary N) is 1. The monoisotopic (exact) mass is 336 g/mol. The van der Waals surface area contributed by atoms with Crippen molar-refractivity contribution in [1.82, 2.24) is 10.3 Å². The molecule has 4 N–H and O–H groups in total. The largest absolute Gasteiger partial charge is 0.493 e. The average molecular weight is 336 g/mol. The van der Waals surface area contributed by atoms with Gasteiger partial charge in [-0.15, -0.1) is 11.3 Å². The molecular weight excluding hydrogens is 320 g/mol. The number of benzene rings is 1. The first-order valence-corrected chi connectivity index (χ1v) is 7.42. The molecule has 23 heavy (non-hydrogen) atoms. The van der Waals surface area contributed by atoms with Gasteiger partial charge in [-0.05, 0) is 12.1 Å². The van der Waals surface area contributed by atoms with Crippen LogP contribution < -0.4 is 25.8 Å². The van der Waals surface area contributed by atoms with E-state index in [1.807, 2.05) is 0 Å². The molecular formula is C14H16N4O4S. The van der Waals surface area contributed by atoms with E-state index in [4.69, 9.17) is 15.2 Å². The lowest BCUT2D eigenvalue weighted by atomic mass is 10.3. The van der Waals surface area contributed by atoms with Gasteiger partial charge in [0.1, 0.15) is 5.69 Å². The minimum absolute atomic E-state index is 0.208. The number of nitrogens with one attached hydrogen (secondary N) is 2. The third kappa shape index (κ3) is 4.33. The highest BCUT2D eigenvalue weighted by Gasteiger charge is 2.12. The van der Waals surface area contributed by atoms with Crippen LogP contribution >= 0.6 is 11.3 Å². The number of primary amides is 1. The molecule has 122 valence electrons. The number of rotatable bonds is 7. The van der Waals surface area contributed by atoms with E-state index < -0.39 is 11.8 Å². The molecule has 0 aliphatic carbocycles. The van der Waals surface area contributed by atoms with Crippen molar-refractivity contribution >= 4 is 34.0 Å². The van der Waals surface area contributed by atoms with Crippen molar-refractivity contribution in [2.75, 3.05) is 26.1 Å². The summed E-state index contributed by atoms with van der Waals surface area (Å²) in [4.78, 5) is 26.6. The van der Waals surface area contributed by atoms with Crippen LogP contribution in [0.25, 0.3) is 0 Å². The molecule has 2 rings (SSSR count). The Balaban J connectivity index is 2.07. The number of carbonyl (C=O) groups excluding carboxylic acids is 2. The fraction of sp³-hybridized carbons (Fsp3) is 0.214. The van der Waals surface area contributed by atoms with Crippen LogP contribution in [-0.4, -0.2) is 37.6 Å². The van der Waals surface area contributed by atoms with Crippen molar-refractivity contribution < 1.29 is 19.1 Å². The molecule has 2 aromatic rings. The SMILES string of the molecule is COc1ccc(Nc2nc(C(=O)NCC(N)=O)cs2)cc1OC. The van der Waals surface area contributed by atoms with Crippen molar-refractivity contribution in [2.45, 2.75) is 0 Å². The minimum Gasteiger partial charge on any atom is -0.493 e. The van der Waals surface area contributed by atoms with Gasteiger partial charge >= 0.3 is 0 Å². The molecule has 1 aromatic heterocycles. The summed E-state index contributed by atoms with van der Waals surface area (Å²) in [7, 11) is 3.11. The maximum Gasteiger partial charge on any atom is 0.271 e. The fourth-order valence-electron chi connectivity index (χ4n) is 1.73. The number of carbonyl (C=O) groups is 2. The van der Waals surface area contributed by atoms with Gasteiger partial charge in [0.2, 0.25) is 5.91 Å². The minimum atomic E-state index is -0.614. The summed E-state index contributed by atoms with van der Waals surface area (Å²) < 4.78 is 10.4. The Hall–Kier alpha value is -2.81. The molecule has 0 spiro atoms. The lowest BCUT2D eigenvalue weighted by Crippen LogP contribution is -2.33. The second-order valence-corrected chi connectivity index (χ2v) is 5.24. The first kappa shape index (κ1) is 16.6. The zero-order valence-corrected chi connectivity index (χ0v) is 13.4. The van der Waals surface area contributed by atoms with Gasteiger partial charge in [-0.1, -0.05) is 0 Å². The van der Waals surface area contributed by atoms with Crippen LogP contribution in [0.1, 0.15) is 10.5 Å². The summed E-state index contributed by atoms with van der Waals surface area (Å²) in [6, 6.07) is 5.32. The van der Waals surface area contributed by atoms with Gasteiger partial charge in [-0.2, -0.15) is 0 Å². The lowest BCUT2D eigenvalue weighted by molar-refractivity contribution is -0.117. The molecule has 0 bridgehead atoms. The van der Waals surface area contributed by atoms with E-state index in [-0.39, 0.29) is 12.2 Å². The summed E-state index contributed by atoms with van der Waals surface area (Å²) >= 11 is 1.26. The van der Waals surface area contributed by atoms with Gasteiger partial charge in [-0.25, -0.2) is 4.98 Å². The number of aromatic nitrogens is 1. The van der Waals surface area contributed by atoms with E-state index in [2.05, 4.69) is 15.6 Å². The maximum absolute atomic E-state index is 11.8. The molecule has 0 unspecified atom stereocenters. The molecule has 0 aliphatic heterocycles. The highest BCUT2D eigenvalue weighted by molar-refractivity contribution is 7.14. The predicted octanol–water partition coefficient (Wildman–Crippen LogP) is 1.12. The summed E-state index contributed by atoms with van der Waals surface area (Å²) in [5, 5.41) is 7.56. The number of nitrogens with zero attached hydrogens (tertiary/aromatic N) is 1. The van der Waals surface area contributed by atoms with Gasteiger partial charge < -0.3 is 25.8 Å². The first-order chi connectivity index (χ1) is 11.0. The molecule has 0 atom stereocenters. The number of methoxy groups -OCH3 is 2. The van der Waals surface area contributed by atoms with Gasteiger partial charge in [0, 0.05) is 17.1 Å². The zero-order chi connectivity index (χ0) is 16.8. The smallest absolute Gasteiger partial charge is 0.271 e. The van der Waals surface area contributed by atoms with Gasteiger partial charge in [0.25, 0.3) is 5.91 Å². The van der Waals surface area contributed by atoms with Crippen LogP contribution in [0.3, 0.4) is 0 Å². The molecule has 2 amide bonds. The topological polar surface area (TPSA) is 116 Å². The number of amides is 2. The van der Waals surface area contributed by atoms with Gasteiger partial charge in [-0.3, -0.25) is 9.59 Å². The van der Waals surface area contributed by atoms with E-state index in [0.29, 0.717) is 16.6 Å². The number of anilines is 2. The number of thiazole rings is 1. The Labute approximate surface area is 136 Å². The van der Waals surface area contributed by atoms with Crippen molar-refractivity contribution in [3.63, 3.8) is 0 Å². The highest BCUT2D eigenvalue weighted by atomic mass is 32.1. The molecule has 1 aromatic carbocycles. The van der Waals surface area contributed by atoms with Gasteiger partial charge in [0.05, 0.1) is 20.8 Å². The highest BCUT2D eigenvalue weighted by Crippen LogP contribution is 2.31. The standard InChI is InChI=1S/C14H16N4O4S/c1-21-10-4-3-8(5-11(10)22-2)17-14-18-9(7-23-14)13(20)16-6-12(15)19/h3-5,7H,6H2,1-2H3,(H2,15,19)(H,16,20)(H,17,18). The summed E-state index contributed by atoms with van der Waals surface area (Å²) in [5.74, 6) is 0.120. The average Bonchev–Trinajstić information content (AvgIpc) is 3.01. The van der Waals surface area contributed by atoms with E-state index in [0.717, 1.165) is 5.69 Å². The Morgan fingerprint density at radius 1 is 1.26 bits per heavy atom. The molecule has 0 radical (unpaired) electrons. The number of hydrogen-bond donors (Lipinski definition) is 3. The van der Waals surface area contributed by atoms with Crippen LogP contribution in [0, 0.1) is 0 Å². The van der Waals surface area contributed by atoms with E-state index in [9.17, 15) is 9.59 Å². The Morgan fingerprint density at radius 2 is 2.00 bits per heavy atom.